The topological polar surface area (TPSA) is 65.0 Å². The van der Waals surface area contributed by atoms with E-state index in [1.165, 1.54) is 0 Å². The molecular weight excluding hydrogens is 232 g/mol. The maximum Gasteiger partial charge on any atom is 0.270 e. The van der Waals surface area contributed by atoms with Crippen LogP contribution >= 0.6 is 0 Å². The van der Waals surface area contributed by atoms with Crippen LogP contribution in [0.2, 0.25) is 0 Å². The number of carbonyl (C=O) groups is 2. The standard InChI is InChI=1S/C12H20N4O2/c1-8-6-16(7-10(8)15(2)3)12(18)9-4-5-11(17)14-13-9/h8,10H,4-7H2,1-3H3,(H,14,17). The molecule has 6 nitrogen and oxygen atoms in total. The molecule has 0 aromatic rings. The average Bonchev–Trinajstić information content (AvgIpc) is 2.71. The number of hydrogen-bond donors (Lipinski definition) is 1. The highest BCUT2D eigenvalue weighted by Gasteiger charge is 2.35. The van der Waals surface area contributed by atoms with Gasteiger partial charge in [0, 0.05) is 32.0 Å². The second-order valence-electron chi connectivity index (χ2n) is 5.31. The molecular formula is C12H20N4O2. The molecule has 100 valence electrons. The minimum atomic E-state index is -0.118. The number of rotatable bonds is 2. The normalized spacial score (nSPS) is 28.3. The maximum absolute atomic E-state index is 12.2. The molecule has 2 unspecified atom stereocenters. The van der Waals surface area contributed by atoms with E-state index in [9.17, 15) is 9.59 Å². The SMILES string of the molecule is CC1CN(C(=O)C2=NNC(=O)CC2)CC1N(C)C. The first-order valence-electron chi connectivity index (χ1n) is 6.30. The van der Waals surface area contributed by atoms with Crippen LogP contribution < -0.4 is 5.43 Å². The van der Waals surface area contributed by atoms with Gasteiger partial charge in [0.05, 0.1) is 0 Å². The molecule has 0 aromatic heterocycles. The summed E-state index contributed by atoms with van der Waals surface area (Å²) in [5, 5.41) is 3.86. The molecule has 2 heterocycles. The molecule has 1 N–H and O–H groups in total. The Balaban J connectivity index is 2.01. The quantitative estimate of drug-likeness (QED) is 0.731. The molecule has 2 aliphatic heterocycles. The Morgan fingerprint density at radius 1 is 1.39 bits per heavy atom. The largest absolute Gasteiger partial charge is 0.336 e. The number of hydrazone groups is 1. The lowest BCUT2D eigenvalue weighted by molar-refractivity contribution is -0.124. The Labute approximate surface area is 107 Å². The summed E-state index contributed by atoms with van der Waals surface area (Å²) in [6, 6.07) is 0.396. The van der Waals surface area contributed by atoms with Gasteiger partial charge in [-0.15, -0.1) is 0 Å². The van der Waals surface area contributed by atoms with Gasteiger partial charge in [-0.1, -0.05) is 6.92 Å². The van der Waals surface area contributed by atoms with Gasteiger partial charge in [0.1, 0.15) is 5.71 Å². The molecule has 0 bridgehead atoms. The van der Waals surface area contributed by atoms with Crippen molar-refractivity contribution in [3.63, 3.8) is 0 Å². The molecule has 6 heteroatoms. The highest BCUT2D eigenvalue weighted by Crippen LogP contribution is 2.20. The van der Waals surface area contributed by atoms with Gasteiger partial charge in [-0.3, -0.25) is 9.59 Å². The summed E-state index contributed by atoms with van der Waals surface area (Å²) in [6.45, 7) is 3.65. The van der Waals surface area contributed by atoms with Gasteiger partial charge < -0.3 is 9.80 Å². The minimum absolute atomic E-state index is 0.0359. The molecule has 2 rings (SSSR count). The van der Waals surface area contributed by atoms with Gasteiger partial charge in [-0.25, -0.2) is 5.43 Å². The van der Waals surface area contributed by atoms with Gasteiger partial charge in [0.2, 0.25) is 5.91 Å². The maximum atomic E-state index is 12.2. The Morgan fingerprint density at radius 2 is 2.11 bits per heavy atom. The number of hydrogen-bond acceptors (Lipinski definition) is 4. The number of amides is 2. The number of nitrogens with zero attached hydrogens (tertiary/aromatic N) is 3. The summed E-state index contributed by atoms with van der Waals surface area (Å²) in [6.07, 6.45) is 0.799. The van der Waals surface area contributed by atoms with Crippen molar-refractivity contribution in [3.8, 4) is 0 Å². The molecule has 0 saturated carbocycles. The molecule has 1 saturated heterocycles. The van der Waals surface area contributed by atoms with Gasteiger partial charge >= 0.3 is 0 Å². The van der Waals surface area contributed by atoms with Crippen molar-refractivity contribution in [2.24, 2.45) is 11.0 Å². The average molecular weight is 252 g/mol. The molecule has 2 amide bonds. The summed E-state index contributed by atoms with van der Waals surface area (Å²) >= 11 is 0. The van der Waals surface area contributed by atoms with E-state index in [4.69, 9.17) is 0 Å². The van der Waals surface area contributed by atoms with Crippen molar-refractivity contribution in [2.45, 2.75) is 25.8 Å². The minimum Gasteiger partial charge on any atom is -0.336 e. The third kappa shape index (κ3) is 2.53. The summed E-state index contributed by atoms with van der Waals surface area (Å²) in [5.74, 6) is 0.307. The Bertz CT molecular complexity index is 392. The first-order valence-corrected chi connectivity index (χ1v) is 6.30. The predicted octanol–water partition coefficient (Wildman–Crippen LogP) is -0.339. The Morgan fingerprint density at radius 3 is 2.61 bits per heavy atom. The van der Waals surface area contributed by atoms with Crippen LogP contribution in [0, 0.1) is 5.92 Å². The first-order chi connectivity index (χ1) is 8.49. The highest BCUT2D eigenvalue weighted by molar-refractivity contribution is 6.39. The van der Waals surface area contributed by atoms with E-state index in [1.807, 2.05) is 19.0 Å². The lowest BCUT2D eigenvalue weighted by atomic mass is 10.1. The molecule has 0 spiro atoms. The van der Waals surface area contributed by atoms with Crippen molar-refractivity contribution in [1.82, 2.24) is 15.2 Å². The fourth-order valence-corrected chi connectivity index (χ4v) is 2.60. The lowest BCUT2D eigenvalue weighted by Gasteiger charge is -2.22. The van der Waals surface area contributed by atoms with Crippen molar-refractivity contribution in [3.05, 3.63) is 0 Å². The van der Waals surface area contributed by atoms with Gasteiger partial charge in [0.25, 0.3) is 5.91 Å². The summed E-state index contributed by atoms with van der Waals surface area (Å²) in [4.78, 5) is 27.2. The summed E-state index contributed by atoms with van der Waals surface area (Å²) in [5.41, 5.74) is 2.85. The third-order valence-electron chi connectivity index (χ3n) is 3.67. The molecule has 0 aliphatic carbocycles. The molecule has 1 fully saturated rings. The van der Waals surface area contributed by atoms with Crippen molar-refractivity contribution in [2.75, 3.05) is 27.2 Å². The third-order valence-corrected chi connectivity index (χ3v) is 3.67. The van der Waals surface area contributed by atoms with E-state index in [2.05, 4.69) is 22.4 Å². The zero-order chi connectivity index (χ0) is 13.3. The molecule has 2 atom stereocenters. The Kier molecular flexibility index (Phi) is 3.65. The number of carbonyl (C=O) groups excluding carboxylic acids is 2. The fourth-order valence-electron chi connectivity index (χ4n) is 2.60. The smallest absolute Gasteiger partial charge is 0.270 e. The van der Waals surface area contributed by atoms with E-state index < -0.39 is 0 Å². The van der Waals surface area contributed by atoms with Crippen molar-refractivity contribution < 1.29 is 9.59 Å². The molecule has 18 heavy (non-hydrogen) atoms. The van der Waals surface area contributed by atoms with Crippen LogP contribution in [-0.4, -0.2) is 60.6 Å². The summed E-state index contributed by atoms with van der Waals surface area (Å²) in [7, 11) is 4.07. The molecule has 2 aliphatic rings. The fraction of sp³-hybridized carbons (Fsp3) is 0.750. The highest BCUT2D eigenvalue weighted by atomic mass is 16.2. The van der Waals surface area contributed by atoms with Gasteiger partial charge in [0.15, 0.2) is 0 Å². The van der Waals surface area contributed by atoms with E-state index >= 15 is 0 Å². The second-order valence-corrected chi connectivity index (χ2v) is 5.31. The van der Waals surface area contributed by atoms with Crippen LogP contribution in [0.15, 0.2) is 5.10 Å². The molecule has 0 radical (unpaired) electrons. The van der Waals surface area contributed by atoms with E-state index in [-0.39, 0.29) is 11.8 Å². The van der Waals surface area contributed by atoms with Crippen LogP contribution in [0.1, 0.15) is 19.8 Å². The lowest BCUT2D eigenvalue weighted by Crippen LogP contribution is -2.40. The van der Waals surface area contributed by atoms with Crippen LogP contribution in [-0.2, 0) is 9.59 Å². The van der Waals surface area contributed by atoms with Crippen LogP contribution in [0.4, 0.5) is 0 Å². The first kappa shape index (κ1) is 13.0. The zero-order valence-corrected chi connectivity index (χ0v) is 11.1. The van der Waals surface area contributed by atoms with Gasteiger partial charge in [-0.05, 0) is 20.0 Å². The van der Waals surface area contributed by atoms with Crippen molar-refractivity contribution in [1.29, 1.82) is 0 Å². The number of nitrogens with one attached hydrogen (secondary N) is 1. The second kappa shape index (κ2) is 5.06. The van der Waals surface area contributed by atoms with Gasteiger partial charge in [-0.2, -0.15) is 5.10 Å². The molecule has 0 aromatic carbocycles. The van der Waals surface area contributed by atoms with Crippen LogP contribution in [0.3, 0.4) is 0 Å². The van der Waals surface area contributed by atoms with Crippen LogP contribution in [0.25, 0.3) is 0 Å². The van der Waals surface area contributed by atoms with E-state index in [1.54, 1.807) is 0 Å². The monoisotopic (exact) mass is 252 g/mol. The van der Waals surface area contributed by atoms with E-state index in [0.717, 1.165) is 13.1 Å². The number of likely N-dealkylation sites (tertiary alicyclic amines) is 1. The Hall–Kier alpha value is -1.43. The summed E-state index contributed by atoms with van der Waals surface area (Å²) < 4.78 is 0. The number of likely N-dealkylation sites (N-methyl/N-ethyl adjacent to an activating group) is 1. The predicted molar refractivity (Wildman–Crippen MR) is 68.0 cm³/mol. The van der Waals surface area contributed by atoms with E-state index in [0.29, 0.717) is 30.5 Å². The van der Waals surface area contributed by atoms with Crippen LogP contribution in [0.5, 0.6) is 0 Å². The zero-order valence-electron chi connectivity index (χ0n) is 11.1. The van der Waals surface area contributed by atoms with Crippen molar-refractivity contribution >= 4 is 17.5 Å².